The summed E-state index contributed by atoms with van der Waals surface area (Å²) in [6.07, 6.45) is 1.78. The van der Waals surface area contributed by atoms with E-state index in [0.29, 0.717) is 5.88 Å². The molecule has 4 heteroatoms. The lowest BCUT2D eigenvalue weighted by atomic mass is 10.3. The van der Waals surface area contributed by atoms with Crippen LogP contribution in [0.2, 0.25) is 0 Å². The van der Waals surface area contributed by atoms with E-state index in [1.807, 2.05) is 6.07 Å². The highest BCUT2D eigenvalue weighted by atomic mass is 127. The van der Waals surface area contributed by atoms with Crippen LogP contribution in [0.5, 0.6) is 5.88 Å². The van der Waals surface area contributed by atoms with E-state index in [2.05, 4.69) is 43.5 Å². The molecule has 1 aromatic rings. The highest BCUT2D eigenvalue weighted by Crippen LogP contribution is 2.19. The molecule has 0 atom stereocenters. The zero-order chi connectivity index (χ0) is 8.27. The van der Waals surface area contributed by atoms with E-state index in [9.17, 15) is 0 Å². The molecule has 60 valence electrons. The Morgan fingerprint density at radius 3 is 3.00 bits per heavy atom. The van der Waals surface area contributed by atoms with Crippen molar-refractivity contribution in [3.05, 3.63) is 21.4 Å². The SMILES string of the molecule is COc1ncc(I)cc1CBr. The van der Waals surface area contributed by atoms with Gasteiger partial charge in [0.2, 0.25) is 5.88 Å². The third kappa shape index (κ3) is 2.30. The van der Waals surface area contributed by atoms with Crippen LogP contribution >= 0.6 is 38.5 Å². The molecule has 0 bridgehead atoms. The van der Waals surface area contributed by atoms with Crippen LogP contribution in [0.1, 0.15) is 5.56 Å². The summed E-state index contributed by atoms with van der Waals surface area (Å²) in [6.45, 7) is 0. The van der Waals surface area contributed by atoms with E-state index in [1.165, 1.54) is 0 Å². The van der Waals surface area contributed by atoms with Crippen molar-refractivity contribution < 1.29 is 4.74 Å². The number of methoxy groups -OCH3 is 1. The van der Waals surface area contributed by atoms with Crippen LogP contribution in [0.3, 0.4) is 0 Å². The number of nitrogens with zero attached hydrogens (tertiary/aromatic N) is 1. The summed E-state index contributed by atoms with van der Waals surface area (Å²) in [4.78, 5) is 4.11. The molecular weight excluding hydrogens is 321 g/mol. The average Bonchev–Trinajstić information content (AvgIpc) is 2.04. The van der Waals surface area contributed by atoms with Gasteiger partial charge in [-0.1, -0.05) is 15.9 Å². The average molecular weight is 328 g/mol. The predicted octanol–water partition coefficient (Wildman–Crippen LogP) is 2.59. The highest BCUT2D eigenvalue weighted by molar-refractivity contribution is 14.1. The van der Waals surface area contributed by atoms with Crippen LogP contribution in [0.4, 0.5) is 0 Å². The van der Waals surface area contributed by atoms with Gasteiger partial charge in [0, 0.05) is 20.7 Å². The molecular formula is C7H7BrINO. The van der Waals surface area contributed by atoms with Gasteiger partial charge in [0.1, 0.15) is 0 Å². The van der Waals surface area contributed by atoms with Crippen LogP contribution < -0.4 is 4.74 Å². The number of alkyl halides is 1. The second-order valence-corrected chi connectivity index (χ2v) is 3.76. The van der Waals surface area contributed by atoms with Crippen LogP contribution in [-0.2, 0) is 5.33 Å². The van der Waals surface area contributed by atoms with Crippen LogP contribution in [0.15, 0.2) is 12.3 Å². The second-order valence-electron chi connectivity index (χ2n) is 1.96. The largest absolute Gasteiger partial charge is 0.481 e. The summed E-state index contributed by atoms with van der Waals surface area (Å²) in [5, 5.41) is 0.778. The van der Waals surface area contributed by atoms with Gasteiger partial charge in [0.25, 0.3) is 0 Å². The Morgan fingerprint density at radius 2 is 2.45 bits per heavy atom. The first-order chi connectivity index (χ1) is 5.27. The minimum atomic E-state index is 0.697. The van der Waals surface area contributed by atoms with Gasteiger partial charge < -0.3 is 4.74 Å². The van der Waals surface area contributed by atoms with E-state index in [1.54, 1.807) is 13.3 Å². The normalized spacial score (nSPS) is 9.73. The fourth-order valence-corrected chi connectivity index (χ4v) is 1.67. The second kappa shape index (κ2) is 4.25. The molecule has 0 N–H and O–H groups in total. The Balaban J connectivity index is 3.06. The van der Waals surface area contributed by atoms with Gasteiger partial charge in [-0.25, -0.2) is 4.98 Å². The van der Waals surface area contributed by atoms with Crippen molar-refractivity contribution in [2.45, 2.75) is 5.33 Å². The van der Waals surface area contributed by atoms with E-state index < -0.39 is 0 Å². The maximum Gasteiger partial charge on any atom is 0.217 e. The first-order valence-corrected chi connectivity index (χ1v) is 5.22. The lowest BCUT2D eigenvalue weighted by Gasteiger charge is -2.03. The summed E-state index contributed by atoms with van der Waals surface area (Å²) >= 11 is 5.58. The van der Waals surface area contributed by atoms with E-state index >= 15 is 0 Å². The summed E-state index contributed by atoms with van der Waals surface area (Å²) in [5.41, 5.74) is 1.08. The number of hydrogen-bond donors (Lipinski definition) is 0. The summed E-state index contributed by atoms with van der Waals surface area (Å²) in [5.74, 6) is 0.697. The van der Waals surface area contributed by atoms with Gasteiger partial charge in [-0.2, -0.15) is 0 Å². The van der Waals surface area contributed by atoms with E-state index in [-0.39, 0.29) is 0 Å². The molecule has 1 aromatic heterocycles. The Kier molecular flexibility index (Phi) is 3.58. The molecule has 0 aromatic carbocycles. The molecule has 0 aliphatic carbocycles. The first-order valence-electron chi connectivity index (χ1n) is 3.02. The predicted molar refractivity (Wildman–Crippen MR) is 56.1 cm³/mol. The highest BCUT2D eigenvalue weighted by Gasteiger charge is 2.02. The fraction of sp³-hybridized carbons (Fsp3) is 0.286. The zero-order valence-corrected chi connectivity index (χ0v) is 9.72. The number of rotatable bonds is 2. The van der Waals surface area contributed by atoms with Crippen molar-refractivity contribution in [2.24, 2.45) is 0 Å². The molecule has 0 aliphatic heterocycles. The molecule has 0 unspecified atom stereocenters. The number of hydrogen-bond acceptors (Lipinski definition) is 2. The van der Waals surface area contributed by atoms with Gasteiger partial charge in [0.15, 0.2) is 0 Å². The molecule has 11 heavy (non-hydrogen) atoms. The molecule has 0 aliphatic rings. The smallest absolute Gasteiger partial charge is 0.217 e. The van der Waals surface area contributed by atoms with Crippen LogP contribution in [-0.4, -0.2) is 12.1 Å². The minimum Gasteiger partial charge on any atom is -0.481 e. The fourth-order valence-electron chi connectivity index (χ4n) is 0.748. The molecule has 1 rings (SSSR count). The monoisotopic (exact) mass is 327 g/mol. The first kappa shape index (κ1) is 9.25. The van der Waals surface area contributed by atoms with Crippen molar-refractivity contribution in [1.29, 1.82) is 0 Å². The number of halogens is 2. The lowest BCUT2D eigenvalue weighted by Crippen LogP contribution is -1.93. The minimum absolute atomic E-state index is 0.697. The maximum atomic E-state index is 5.05. The molecule has 0 radical (unpaired) electrons. The van der Waals surface area contributed by atoms with E-state index in [4.69, 9.17) is 4.74 Å². The maximum absolute atomic E-state index is 5.05. The molecule has 1 heterocycles. The molecule has 0 amide bonds. The van der Waals surface area contributed by atoms with Gasteiger partial charge >= 0.3 is 0 Å². The molecule has 2 nitrogen and oxygen atoms in total. The van der Waals surface area contributed by atoms with Crippen molar-refractivity contribution in [3.8, 4) is 5.88 Å². The van der Waals surface area contributed by atoms with Crippen molar-refractivity contribution in [2.75, 3.05) is 7.11 Å². The van der Waals surface area contributed by atoms with Gasteiger partial charge in [0.05, 0.1) is 7.11 Å². The Morgan fingerprint density at radius 1 is 1.73 bits per heavy atom. The van der Waals surface area contributed by atoms with E-state index in [0.717, 1.165) is 14.5 Å². The molecule has 0 saturated heterocycles. The van der Waals surface area contributed by atoms with Crippen LogP contribution in [0.25, 0.3) is 0 Å². The standard InChI is InChI=1S/C7H7BrINO/c1-11-7-5(3-8)2-6(9)4-10-7/h2,4H,3H2,1H3. The molecule has 0 saturated carbocycles. The summed E-state index contributed by atoms with van der Waals surface area (Å²) < 4.78 is 6.17. The Bertz CT molecular complexity index is 254. The van der Waals surface area contributed by atoms with Crippen molar-refractivity contribution in [1.82, 2.24) is 4.98 Å². The topological polar surface area (TPSA) is 22.1 Å². The zero-order valence-electron chi connectivity index (χ0n) is 5.97. The number of pyridine rings is 1. The van der Waals surface area contributed by atoms with Gasteiger partial charge in [-0.3, -0.25) is 0 Å². The lowest BCUT2D eigenvalue weighted by molar-refractivity contribution is 0.394. The van der Waals surface area contributed by atoms with Gasteiger partial charge in [-0.05, 0) is 28.7 Å². The quantitative estimate of drug-likeness (QED) is 0.615. The van der Waals surface area contributed by atoms with Gasteiger partial charge in [-0.15, -0.1) is 0 Å². The van der Waals surface area contributed by atoms with Crippen molar-refractivity contribution in [3.63, 3.8) is 0 Å². The third-order valence-corrected chi connectivity index (χ3v) is 2.42. The Labute approximate surface area is 87.6 Å². The molecule has 0 fully saturated rings. The van der Waals surface area contributed by atoms with Crippen molar-refractivity contribution >= 4 is 38.5 Å². The number of ether oxygens (including phenoxy) is 1. The summed E-state index contributed by atoms with van der Waals surface area (Å²) in [6, 6.07) is 2.04. The summed E-state index contributed by atoms with van der Waals surface area (Å²) in [7, 11) is 1.63. The third-order valence-electron chi connectivity index (χ3n) is 1.23. The molecule has 0 spiro atoms. The number of aromatic nitrogens is 1. The Hall–Kier alpha value is 0.160. The van der Waals surface area contributed by atoms with Crippen LogP contribution in [0, 0.1) is 3.57 Å².